The molecule has 1 unspecified atom stereocenters. The molecule has 0 aliphatic carbocycles. The highest BCUT2D eigenvalue weighted by Gasteiger charge is 2.39. The number of methoxy groups -OCH3 is 2. The van der Waals surface area contributed by atoms with Crippen LogP contribution in [0.5, 0.6) is 0 Å². The first-order valence-corrected chi connectivity index (χ1v) is 8.36. The van der Waals surface area contributed by atoms with Crippen LogP contribution < -0.4 is 0 Å². The van der Waals surface area contributed by atoms with E-state index in [9.17, 15) is 4.79 Å². The summed E-state index contributed by atoms with van der Waals surface area (Å²) in [5, 5.41) is 8.86. The normalized spacial score (nSPS) is 19.2. The minimum atomic E-state index is -0.631. The molecule has 1 aromatic carbocycles. The summed E-state index contributed by atoms with van der Waals surface area (Å²) in [4.78, 5) is 17.5. The maximum atomic E-state index is 11.7. The summed E-state index contributed by atoms with van der Waals surface area (Å²) in [7, 11) is 3.01. The first-order valence-electron chi connectivity index (χ1n) is 8.36. The summed E-state index contributed by atoms with van der Waals surface area (Å²) < 4.78 is 11.7. The van der Waals surface area contributed by atoms with Gasteiger partial charge in [0.2, 0.25) is 0 Å². The molecule has 0 N–H and O–H groups in total. The predicted octanol–water partition coefficient (Wildman–Crippen LogP) is 2.93. The quantitative estimate of drug-likeness (QED) is 0.769. The van der Waals surface area contributed by atoms with Gasteiger partial charge in [0.25, 0.3) is 0 Å². The summed E-state index contributed by atoms with van der Waals surface area (Å²) in [6.45, 7) is 6.22. The monoisotopic (exact) mass is 357 g/mol. The van der Waals surface area contributed by atoms with Crippen LogP contribution in [0.4, 0.5) is 0 Å². The van der Waals surface area contributed by atoms with Crippen molar-refractivity contribution >= 4 is 11.7 Å². The van der Waals surface area contributed by atoms with E-state index in [1.807, 2.05) is 39.0 Å². The number of hydrogen-bond donors (Lipinski definition) is 0. The minimum absolute atomic E-state index is 0.345. The zero-order chi connectivity index (χ0) is 18.9. The second-order valence-electron chi connectivity index (χ2n) is 6.65. The molecule has 138 valence electrons. The van der Waals surface area contributed by atoms with E-state index in [0.29, 0.717) is 18.7 Å². The number of hydrogen-bond acceptors (Lipinski definition) is 6. The standard InChI is InChI=1S/C19H23N3O4/c1-12-8-14(6-7-15(12)18(23)25-5)16-10-19(3,26-21-16)17-9-13(2)22(20-17)11-24-4/h6-9H,10-11H2,1-5H3. The van der Waals surface area contributed by atoms with Crippen molar-refractivity contribution in [3.05, 3.63) is 52.3 Å². The van der Waals surface area contributed by atoms with Gasteiger partial charge in [0.15, 0.2) is 5.60 Å². The highest BCUT2D eigenvalue weighted by molar-refractivity contribution is 6.03. The summed E-state index contributed by atoms with van der Waals surface area (Å²) >= 11 is 0. The van der Waals surface area contributed by atoms with Crippen LogP contribution in [-0.4, -0.2) is 35.7 Å². The molecule has 0 bridgehead atoms. The van der Waals surface area contributed by atoms with Gasteiger partial charge >= 0.3 is 5.97 Å². The van der Waals surface area contributed by atoms with E-state index in [1.54, 1.807) is 17.9 Å². The highest BCUT2D eigenvalue weighted by atomic mass is 16.7. The Bertz CT molecular complexity index is 872. The van der Waals surface area contributed by atoms with Crippen molar-refractivity contribution in [2.45, 2.75) is 39.5 Å². The summed E-state index contributed by atoms with van der Waals surface area (Å²) in [6.07, 6.45) is 0.591. The van der Waals surface area contributed by atoms with Crippen molar-refractivity contribution < 1.29 is 19.1 Å². The third kappa shape index (κ3) is 3.22. The fourth-order valence-electron chi connectivity index (χ4n) is 3.04. The van der Waals surface area contributed by atoms with Gasteiger partial charge in [-0.3, -0.25) is 0 Å². The summed E-state index contributed by atoms with van der Waals surface area (Å²) in [5.74, 6) is -0.345. The number of nitrogens with zero attached hydrogens (tertiary/aromatic N) is 3. The van der Waals surface area contributed by atoms with Gasteiger partial charge in [-0.1, -0.05) is 11.2 Å². The molecule has 0 saturated heterocycles. The van der Waals surface area contributed by atoms with Gasteiger partial charge in [-0.25, -0.2) is 9.48 Å². The maximum absolute atomic E-state index is 11.7. The minimum Gasteiger partial charge on any atom is -0.465 e. The molecule has 1 aromatic heterocycles. The van der Waals surface area contributed by atoms with E-state index in [2.05, 4.69) is 10.3 Å². The van der Waals surface area contributed by atoms with Gasteiger partial charge in [0, 0.05) is 19.2 Å². The van der Waals surface area contributed by atoms with E-state index in [4.69, 9.17) is 14.3 Å². The molecule has 0 saturated carbocycles. The first-order chi connectivity index (χ1) is 12.4. The Kier molecular flexibility index (Phi) is 4.82. The number of carbonyl (C=O) groups is 1. The predicted molar refractivity (Wildman–Crippen MR) is 96.1 cm³/mol. The zero-order valence-electron chi connectivity index (χ0n) is 15.7. The van der Waals surface area contributed by atoms with Crippen LogP contribution in [0.3, 0.4) is 0 Å². The van der Waals surface area contributed by atoms with Crippen molar-refractivity contribution in [2.75, 3.05) is 14.2 Å². The van der Waals surface area contributed by atoms with Crippen LogP contribution in [0.1, 0.15) is 46.2 Å². The van der Waals surface area contributed by atoms with Crippen LogP contribution in [0.15, 0.2) is 29.4 Å². The Morgan fingerprint density at radius 3 is 2.73 bits per heavy atom. The number of carbonyl (C=O) groups excluding carboxylic acids is 1. The highest BCUT2D eigenvalue weighted by Crippen LogP contribution is 2.35. The lowest BCUT2D eigenvalue weighted by Gasteiger charge is -2.18. The number of ether oxygens (including phenoxy) is 2. The van der Waals surface area contributed by atoms with Gasteiger partial charge in [0.1, 0.15) is 12.4 Å². The molecule has 0 radical (unpaired) electrons. The van der Waals surface area contributed by atoms with Gasteiger partial charge in [0.05, 0.1) is 18.4 Å². The van der Waals surface area contributed by atoms with E-state index >= 15 is 0 Å². The van der Waals surface area contributed by atoms with E-state index in [-0.39, 0.29) is 5.97 Å². The van der Waals surface area contributed by atoms with Gasteiger partial charge in [-0.05, 0) is 50.1 Å². The van der Waals surface area contributed by atoms with Gasteiger partial charge in [-0.2, -0.15) is 5.10 Å². The molecule has 0 amide bonds. The topological polar surface area (TPSA) is 74.9 Å². The molecule has 7 nitrogen and oxygen atoms in total. The zero-order valence-corrected chi connectivity index (χ0v) is 15.7. The van der Waals surface area contributed by atoms with Crippen molar-refractivity contribution in [2.24, 2.45) is 5.16 Å². The molecule has 0 spiro atoms. The molecular weight excluding hydrogens is 334 g/mol. The van der Waals surface area contributed by atoms with Crippen molar-refractivity contribution in [1.29, 1.82) is 0 Å². The molecule has 7 heteroatoms. The summed E-state index contributed by atoms with van der Waals surface area (Å²) in [5.41, 5.74) is 4.32. The molecule has 1 atom stereocenters. The van der Waals surface area contributed by atoms with Crippen molar-refractivity contribution in [3.63, 3.8) is 0 Å². The van der Waals surface area contributed by atoms with Crippen LogP contribution >= 0.6 is 0 Å². The first kappa shape index (κ1) is 18.1. The largest absolute Gasteiger partial charge is 0.465 e. The van der Waals surface area contributed by atoms with Gasteiger partial charge in [-0.15, -0.1) is 0 Å². The van der Waals surface area contributed by atoms with E-state index in [1.165, 1.54) is 7.11 Å². The summed E-state index contributed by atoms with van der Waals surface area (Å²) in [6, 6.07) is 7.53. The Balaban J connectivity index is 1.82. The third-order valence-electron chi connectivity index (χ3n) is 4.60. The van der Waals surface area contributed by atoms with Gasteiger partial charge < -0.3 is 14.3 Å². The third-order valence-corrected chi connectivity index (χ3v) is 4.60. The SMILES string of the molecule is COCn1nc(C2(C)CC(c3ccc(C(=O)OC)c(C)c3)=NO2)cc1C. The molecule has 2 heterocycles. The Hall–Kier alpha value is -2.67. The Labute approximate surface area is 152 Å². The average Bonchev–Trinajstić information content (AvgIpc) is 3.19. The number of aromatic nitrogens is 2. The van der Waals surface area contributed by atoms with E-state index < -0.39 is 5.60 Å². The van der Waals surface area contributed by atoms with Crippen LogP contribution in [-0.2, 0) is 26.6 Å². The number of rotatable bonds is 5. The Morgan fingerprint density at radius 2 is 2.08 bits per heavy atom. The molecule has 2 aromatic rings. The average molecular weight is 357 g/mol. The lowest BCUT2D eigenvalue weighted by Crippen LogP contribution is -2.23. The lowest BCUT2D eigenvalue weighted by atomic mass is 9.92. The molecule has 1 aliphatic rings. The fourth-order valence-corrected chi connectivity index (χ4v) is 3.04. The molecular formula is C19H23N3O4. The lowest BCUT2D eigenvalue weighted by molar-refractivity contribution is -0.0119. The van der Waals surface area contributed by atoms with Crippen molar-refractivity contribution in [1.82, 2.24) is 9.78 Å². The molecule has 3 rings (SSSR count). The van der Waals surface area contributed by atoms with E-state index in [0.717, 1.165) is 28.2 Å². The molecule has 0 fully saturated rings. The number of esters is 1. The van der Waals surface area contributed by atoms with Crippen molar-refractivity contribution in [3.8, 4) is 0 Å². The fraction of sp³-hybridized carbons (Fsp3) is 0.421. The Morgan fingerprint density at radius 1 is 1.31 bits per heavy atom. The van der Waals surface area contributed by atoms with Crippen LogP contribution in [0.2, 0.25) is 0 Å². The van der Waals surface area contributed by atoms with Crippen LogP contribution in [0.25, 0.3) is 0 Å². The number of benzene rings is 1. The molecule has 26 heavy (non-hydrogen) atoms. The second kappa shape index (κ2) is 6.92. The number of oxime groups is 1. The number of aryl methyl sites for hydroxylation is 2. The second-order valence-corrected chi connectivity index (χ2v) is 6.65. The van der Waals surface area contributed by atoms with Crippen LogP contribution in [0, 0.1) is 13.8 Å². The molecule has 1 aliphatic heterocycles. The maximum Gasteiger partial charge on any atom is 0.338 e. The smallest absolute Gasteiger partial charge is 0.338 e.